The summed E-state index contributed by atoms with van der Waals surface area (Å²) in [6.07, 6.45) is 2.61. The van der Waals surface area contributed by atoms with Crippen molar-refractivity contribution in [1.82, 2.24) is 18.7 Å². The molecule has 4 aromatic carbocycles. The average molecular weight is 788 g/mol. The number of aromatic nitrogens is 3. The number of ether oxygens (including phenoxy) is 2. The maximum absolute atomic E-state index is 14.3. The molecule has 7 rings (SSSR count). The van der Waals surface area contributed by atoms with Gasteiger partial charge < -0.3 is 24.7 Å². The van der Waals surface area contributed by atoms with E-state index in [2.05, 4.69) is 0 Å². The molecule has 0 fully saturated rings. The summed E-state index contributed by atoms with van der Waals surface area (Å²) in [5.74, 6) is -0.124. The highest BCUT2D eigenvalue weighted by Crippen LogP contribution is 2.44. The number of rotatable bonds is 11. The largest absolute Gasteiger partial charge is 0.630 e. The van der Waals surface area contributed by atoms with E-state index in [1.807, 2.05) is 48.9 Å². The topological polar surface area (TPSA) is 135 Å². The predicted octanol–water partition coefficient (Wildman–Crippen LogP) is 7.42. The minimum absolute atomic E-state index is 0.0537. The van der Waals surface area contributed by atoms with Crippen LogP contribution in [0.1, 0.15) is 60.5 Å². The normalized spacial score (nSPS) is 13.9. The molecule has 1 aliphatic rings. The zero-order valence-electron chi connectivity index (χ0n) is 31.0. The number of esters is 1. The standard InChI is InChI=1S/C41H43ClFN5O6S/c1-4-34-38-33(44-46(34)3)25-47(55(51,52)36-16-7-6-14-32(36)45-50)21-8-9-22-48-39-30(19-20-31(42)37(38)39)29(40(48)41(49)53-5-2)13-11-23-54-35-15-10-12-26-24-27(43)17-18-28(26)35/h6-7,10,12,14-20,24H,4-5,8-9,11,13,21-23,25,45H2,1-3H3. The summed E-state index contributed by atoms with van der Waals surface area (Å²) in [6.45, 7) is 4.79. The van der Waals surface area contributed by atoms with E-state index in [1.165, 1.54) is 28.6 Å². The molecule has 288 valence electrons. The summed E-state index contributed by atoms with van der Waals surface area (Å²) in [7, 11) is -2.30. The van der Waals surface area contributed by atoms with Gasteiger partial charge in [-0.15, -0.1) is 0 Å². The van der Waals surface area contributed by atoms with Crippen molar-refractivity contribution in [3.63, 3.8) is 0 Å². The van der Waals surface area contributed by atoms with Crippen LogP contribution in [-0.2, 0) is 47.7 Å². The molecule has 0 saturated heterocycles. The van der Waals surface area contributed by atoms with Crippen LogP contribution in [0.25, 0.3) is 32.8 Å². The van der Waals surface area contributed by atoms with Crippen molar-refractivity contribution in [2.24, 2.45) is 7.05 Å². The van der Waals surface area contributed by atoms with Crippen molar-refractivity contribution < 1.29 is 32.6 Å². The lowest BCUT2D eigenvalue weighted by Crippen LogP contribution is -2.70. The minimum atomic E-state index is -4.13. The summed E-state index contributed by atoms with van der Waals surface area (Å²) in [4.78, 5) is 13.9. The molecule has 0 spiro atoms. The van der Waals surface area contributed by atoms with Crippen LogP contribution in [0.2, 0.25) is 5.02 Å². The third-order valence-corrected chi connectivity index (χ3v) is 12.5. The van der Waals surface area contributed by atoms with Crippen molar-refractivity contribution in [3.8, 4) is 16.9 Å². The fraction of sp³-hybridized carbons (Fsp3) is 0.317. The highest BCUT2D eigenvalue weighted by atomic mass is 35.5. The van der Waals surface area contributed by atoms with Crippen molar-refractivity contribution in [1.29, 1.82) is 0 Å². The third-order valence-electron chi connectivity index (χ3n) is 10.2. The number of halogens is 2. The van der Waals surface area contributed by atoms with E-state index in [1.54, 1.807) is 29.8 Å². The molecule has 14 heteroatoms. The van der Waals surface area contributed by atoms with Crippen LogP contribution in [0.15, 0.2) is 77.7 Å². The molecule has 0 aliphatic carbocycles. The molecule has 0 saturated carbocycles. The van der Waals surface area contributed by atoms with Gasteiger partial charge in [0.2, 0.25) is 10.0 Å². The molecule has 0 unspecified atom stereocenters. The van der Waals surface area contributed by atoms with Crippen molar-refractivity contribution >= 4 is 55.0 Å². The Morgan fingerprint density at radius 3 is 2.56 bits per heavy atom. The number of benzene rings is 4. The summed E-state index contributed by atoms with van der Waals surface area (Å²) in [5.41, 5.74) is 5.38. The Morgan fingerprint density at radius 2 is 1.78 bits per heavy atom. The molecular formula is C41H43ClFN5O6S. The minimum Gasteiger partial charge on any atom is -0.630 e. The molecule has 0 bridgehead atoms. The van der Waals surface area contributed by atoms with Crippen molar-refractivity contribution in [2.75, 3.05) is 19.8 Å². The Labute approximate surface area is 324 Å². The van der Waals surface area contributed by atoms with Crippen LogP contribution in [0.5, 0.6) is 5.75 Å². The van der Waals surface area contributed by atoms with Crippen molar-refractivity contribution in [3.05, 3.63) is 111 Å². The van der Waals surface area contributed by atoms with Gasteiger partial charge in [-0.2, -0.15) is 9.40 Å². The van der Waals surface area contributed by atoms with E-state index >= 15 is 0 Å². The van der Waals surface area contributed by atoms with Crippen LogP contribution < -0.4 is 10.2 Å². The van der Waals surface area contributed by atoms with Crippen LogP contribution in [0.3, 0.4) is 0 Å². The highest BCUT2D eigenvalue weighted by Gasteiger charge is 2.34. The summed E-state index contributed by atoms with van der Waals surface area (Å²) in [5, 5.41) is 19.7. The van der Waals surface area contributed by atoms with E-state index < -0.39 is 16.0 Å². The molecule has 6 aromatic rings. The molecule has 3 heterocycles. The van der Waals surface area contributed by atoms with Gasteiger partial charge in [0, 0.05) is 53.8 Å². The van der Waals surface area contributed by atoms with Crippen molar-refractivity contribution in [2.45, 2.75) is 63.9 Å². The number of fused-ring (bicyclic) bond motifs is 3. The van der Waals surface area contributed by atoms with Gasteiger partial charge >= 0.3 is 5.97 Å². The molecule has 55 heavy (non-hydrogen) atoms. The smallest absolute Gasteiger partial charge is 0.355 e. The monoisotopic (exact) mass is 787 g/mol. The number of aryl methyl sites for hydroxylation is 3. The second kappa shape index (κ2) is 16.1. The summed E-state index contributed by atoms with van der Waals surface area (Å²) < 4.78 is 59.5. The molecule has 0 radical (unpaired) electrons. The third kappa shape index (κ3) is 7.22. The Balaban J connectivity index is 1.34. The van der Waals surface area contributed by atoms with E-state index in [0.717, 1.165) is 32.9 Å². The molecule has 0 amide bonds. The lowest BCUT2D eigenvalue weighted by Gasteiger charge is -2.23. The lowest BCUT2D eigenvalue weighted by molar-refractivity contribution is -0.499. The summed E-state index contributed by atoms with van der Waals surface area (Å²) in [6, 6.07) is 20.1. The van der Waals surface area contributed by atoms with Gasteiger partial charge in [-0.05, 0) is 86.4 Å². The van der Waals surface area contributed by atoms with E-state index in [0.29, 0.717) is 84.0 Å². The van der Waals surface area contributed by atoms with E-state index in [9.17, 15) is 22.8 Å². The predicted molar refractivity (Wildman–Crippen MR) is 210 cm³/mol. The lowest BCUT2D eigenvalue weighted by atomic mass is 9.97. The number of carbonyl (C=O) groups is 1. The van der Waals surface area contributed by atoms with Gasteiger partial charge in [-0.3, -0.25) is 4.68 Å². The zero-order valence-corrected chi connectivity index (χ0v) is 32.6. The SMILES string of the molecule is CCOC(=O)c1c(CCCOc2cccc3cc(F)ccc23)c2ccc(Cl)c3c2n1CCCCN(S(=O)(=O)c1ccccc1[NH2+][O-])Cc1nn(C)c(CC)c1-3. The molecule has 1 aliphatic heterocycles. The van der Waals surface area contributed by atoms with Gasteiger partial charge in [0.15, 0.2) is 0 Å². The molecule has 2 aromatic heterocycles. The maximum atomic E-state index is 14.3. The Bertz CT molecular complexity index is 2520. The molecular weight excluding hydrogens is 745 g/mol. The first-order chi connectivity index (χ1) is 26.6. The first-order valence-electron chi connectivity index (χ1n) is 18.5. The molecule has 11 nitrogen and oxygen atoms in total. The second-order valence-electron chi connectivity index (χ2n) is 13.5. The molecule has 0 atom stereocenters. The maximum Gasteiger partial charge on any atom is 0.355 e. The fourth-order valence-electron chi connectivity index (χ4n) is 7.81. The number of hydrogen-bond donors (Lipinski definition) is 1. The van der Waals surface area contributed by atoms with Gasteiger partial charge in [-0.1, -0.05) is 48.9 Å². The van der Waals surface area contributed by atoms with Crippen LogP contribution >= 0.6 is 11.6 Å². The quantitative estimate of drug-likeness (QED) is 0.0625. The summed E-state index contributed by atoms with van der Waals surface area (Å²) >= 11 is 7.17. The number of nitrogens with zero attached hydrogens (tertiary/aromatic N) is 4. The van der Waals surface area contributed by atoms with Crippen LogP contribution in [0.4, 0.5) is 10.1 Å². The molecule has 2 N–H and O–H groups in total. The number of sulfonamides is 1. The Morgan fingerprint density at radius 1 is 1.00 bits per heavy atom. The average Bonchev–Trinajstić information content (AvgIpc) is 3.65. The first-order valence-corrected chi connectivity index (χ1v) is 20.3. The van der Waals surface area contributed by atoms with Crippen LogP contribution in [0, 0.1) is 11.0 Å². The van der Waals surface area contributed by atoms with E-state index in [-0.39, 0.29) is 36.1 Å². The number of quaternary nitrogens is 1. The second-order valence-corrected chi connectivity index (χ2v) is 15.9. The van der Waals surface area contributed by atoms with Gasteiger partial charge in [0.05, 0.1) is 36.0 Å². The van der Waals surface area contributed by atoms with Gasteiger partial charge in [0.1, 0.15) is 27.8 Å². The number of carbonyl (C=O) groups excluding carboxylic acids is 1. The number of nitrogens with two attached hydrogens (primary N) is 1. The number of hydrogen-bond acceptors (Lipinski definition) is 7. The zero-order chi connectivity index (χ0) is 38.9. The van der Waals surface area contributed by atoms with Gasteiger partial charge in [0.25, 0.3) is 0 Å². The van der Waals surface area contributed by atoms with Gasteiger partial charge in [-0.25, -0.2) is 17.6 Å². The Hall–Kier alpha value is -4.79. The Kier molecular flexibility index (Phi) is 11.3. The fourth-order valence-corrected chi connectivity index (χ4v) is 9.66. The highest BCUT2D eigenvalue weighted by molar-refractivity contribution is 7.89. The van der Waals surface area contributed by atoms with E-state index in [4.69, 9.17) is 26.2 Å². The first kappa shape index (κ1) is 38.5. The van der Waals surface area contributed by atoms with Crippen LogP contribution in [-0.4, -0.2) is 52.8 Å².